The Balaban J connectivity index is 2.35. The minimum atomic E-state index is 0.641. The van der Waals surface area contributed by atoms with Crippen LogP contribution in [0.1, 0.15) is 13.3 Å². The highest BCUT2D eigenvalue weighted by molar-refractivity contribution is 7.99. The van der Waals surface area contributed by atoms with Gasteiger partial charge < -0.3 is 5.43 Å². The Morgan fingerprint density at radius 2 is 2.00 bits per heavy atom. The molecule has 18 heavy (non-hydrogen) atoms. The molecule has 0 spiro atoms. The molecule has 0 fully saturated rings. The number of rotatable bonds is 5. The van der Waals surface area contributed by atoms with Gasteiger partial charge in [-0.25, -0.2) is 15.8 Å². The number of benzene rings is 1. The molecule has 0 unspecified atom stereocenters. The maximum atomic E-state index is 5.44. The number of nitrogens with two attached hydrogens (primary N) is 1. The normalized spacial score (nSPS) is 10.3. The Morgan fingerprint density at radius 1 is 1.22 bits per heavy atom. The Hall–Kier alpha value is -1.59. The van der Waals surface area contributed by atoms with Crippen LogP contribution in [0.25, 0.3) is 11.4 Å². The quantitative estimate of drug-likeness (QED) is 0.374. The van der Waals surface area contributed by atoms with Crippen LogP contribution in [0.5, 0.6) is 0 Å². The van der Waals surface area contributed by atoms with Crippen molar-refractivity contribution in [2.45, 2.75) is 18.4 Å². The molecule has 0 atom stereocenters. The van der Waals surface area contributed by atoms with Gasteiger partial charge in [-0.15, -0.1) is 11.8 Å². The lowest BCUT2D eigenvalue weighted by Crippen LogP contribution is -2.09. The lowest BCUT2D eigenvalue weighted by molar-refractivity contribution is 1.04. The average molecular weight is 260 g/mol. The molecule has 0 radical (unpaired) electrons. The van der Waals surface area contributed by atoms with Crippen LogP contribution in [0, 0.1) is 0 Å². The van der Waals surface area contributed by atoms with E-state index in [0.717, 1.165) is 22.8 Å². The van der Waals surface area contributed by atoms with E-state index < -0.39 is 0 Å². The van der Waals surface area contributed by atoms with Crippen molar-refractivity contribution in [1.82, 2.24) is 9.97 Å². The van der Waals surface area contributed by atoms with Gasteiger partial charge in [-0.3, -0.25) is 0 Å². The molecule has 5 heteroatoms. The Labute approximate surface area is 111 Å². The first kappa shape index (κ1) is 12.9. The highest BCUT2D eigenvalue weighted by atomic mass is 32.2. The number of aromatic nitrogens is 2. The Bertz CT molecular complexity index is 502. The molecular weight excluding hydrogens is 244 g/mol. The van der Waals surface area contributed by atoms with Crippen LogP contribution >= 0.6 is 11.8 Å². The highest BCUT2D eigenvalue weighted by Gasteiger charge is 2.06. The van der Waals surface area contributed by atoms with Crippen LogP contribution in [-0.2, 0) is 0 Å². The first-order valence-corrected chi connectivity index (χ1v) is 6.86. The minimum absolute atomic E-state index is 0.641. The zero-order valence-electron chi connectivity index (χ0n) is 10.3. The average Bonchev–Trinajstić information content (AvgIpc) is 2.45. The number of nitrogens with one attached hydrogen (secondary N) is 1. The molecule has 2 rings (SSSR count). The summed E-state index contributed by atoms with van der Waals surface area (Å²) in [6.45, 7) is 2.15. The minimum Gasteiger partial charge on any atom is -0.308 e. The lowest BCUT2D eigenvalue weighted by Gasteiger charge is -2.07. The van der Waals surface area contributed by atoms with Crippen LogP contribution in [0.4, 0.5) is 5.82 Å². The predicted molar refractivity (Wildman–Crippen MR) is 76.3 cm³/mol. The van der Waals surface area contributed by atoms with E-state index in [9.17, 15) is 0 Å². The number of hydrogen-bond acceptors (Lipinski definition) is 5. The second kappa shape index (κ2) is 6.37. The van der Waals surface area contributed by atoms with Crippen LogP contribution < -0.4 is 11.3 Å². The van der Waals surface area contributed by atoms with Gasteiger partial charge in [0, 0.05) is 11.6 Å². The molecule has 3 N–H and O–H groups in total. The van der Waals surface area contributed by atoms with Gasteiger partial charge in [0.1, 0.15) is 10.8 Å². The van der Waals surface area contributed by atoms with Gasteiger partial charge in [0.05, 0.1) is 0 Å². The van der Waals surface area contributed by atoms with E-state index in [1.807, 2.05) is 36.4 Å². The SMILES string of the molecule is CCCSc1cc(NN)nc(-c2ccccc2)n1. The molecule has 1 heterocycles. The van der Waals surface area contributed by atoms with E-state index in [1.54, 1.807) is 11.8 Å². The summed E-state index contributed by atoms with van der Waals surface area (Å²) in [6.07, 6.45) is 1.11. The fourth-order valence-electron chi connectivity index (χ4n) is 1.50. The van der Waals surface area contributed by atoms with Crippen molar-refractivity contribution in [3.63, 3.8) is 0 Å². The predicted octanol–water partition coefficient (Wildman–Crippen LogP) is 2.93. The summed E-state index contributed by atoms with van der Waals surface area (Å²) in [5.41, 5.74) is 3.58. The molecule has 0 amide bonds. The summed E-state index contributed by atoms with van der Waals surface area (Å²) < 4.78 is 0. The lowest BCUT2D eigenvalue weighted by atomic mass is 10.2. The Kier molecular flexibility index (Phi) is 4.55. The zero-order chi connectivity index (χ0) is 12.8. The molecule has 94 valence electrons. The molecule has 1 aromatic heterocycles. The number of thioether (sulfide) groups is 1. The van der Waals surface area contributed by atoms with Gasteiger partial charge >= 0.3 is 0 Å². The topological polar surface area (TPSA) is 63.8 Å². The monoisotopic (exact) mass is 260 g/mol. The third-order valence-electron chi connectivity index (χ3n) is 2.34. The molecular formula is C13H16N4S. The van der Waals surface area contributed by atoms with Crippen molar-refractivity contribution in [2.24, 2.45) is 5.84 Å². The third-order valence-corrected chi connectivity index (χ3v) is 3.45. The smallest absolute Gasteiger partial charge is 0.162 e. The van der Waals surface area contributed by atoms with Crippen molar-refractivity contribution in [2.75, 3.05) is 11.2 Å². The van der Waals surface area contributed by atoms with Crippen molar-refractivity contribution >= 4 is 17.6 Å². The standard InChI is InChI=1S/C13H16N4S/c1-2-8-18-12-9-11(17-14)15-13(16-12)10-6-4-3-5-7-10/h3-7,9H,2,8,14H2,1H3,(H,15,16,17). The van der Waals surface area contributed by atoms with Gasteiger partial charge in [-0.2, -0.15) is 0 Å². The zero-order valence-corrected chi connectivity index (χ0v) is 11.1. The molecule has 0 bridgehead atoms. The van der Waals surface area contributed by atoms with Crippen LogP contribution in [0.3, 0.4) is 0 Å². The molecule has 0 aliphatic carbocycles. The molecule has 0 aliphatic heterocycles. The summed E-state index contributed by atoms with van der Waals surface area (Å²) >= 11 is 1.71. The van der Waals surface area contributed by atoms with E-state index in [1.165, 1.54) is 0 Å². The maximum Gasteiger partial charge on any atom is 0.162 e. The number of nitrogens with zero attached hydrogens (tertiary/aromatic N) is 2. The Morgan fingerprint density at radius 3 is 2.67 bits per heavy atom. The van der Waals surface area contributed by atoms with Crippen LogP contribution in [0.2, 0.25) is 0 Å². The highest BCUT2D eigenvalue weighted by Crippen LogP contribution is 2.23. The fraction of sp³-hybridized carbons (Fsp3) is 0.231. The van der Waals surface area contributed by atoms with Gasteiger partial charge in [0.25, 0.3) is 0 Å². The summed E-state index contributed by atoms with van der Waals surface area (Å²) in [6, 6.07) is 11.8. The van der Waals surface area contributed by atoms with E-state index in [-0.39, 0.29) is 0 Å². The second-order valence-corrected chi connectivity index (χ2v) is 4.89. The van der Waals surface area contributed by atoms with Crippen molar-refractivity contribution in [3.8, 4) is 11.4 Å². The van der Waals surface area contributed by atoms with Crippen LogP contribution in [0.15, 0.2) is 41.4 Å². The second-order valence-electron chi connectivity index (χ2n) is 3.77. The van der Waals surface area contributed by atoms with Gasteiger partial charge in [0.2, 0.25) is 0 Å². The molecule has 0 saturated carbocycles. The summed E-state index contributed by atoms with van der Waals surface area (Å²) in [5, 5.41) is 0.943. The molecule has 0 saturated heterocycles. The number of anilines is 1. The first-order valence-electron chi connectivity index (χ1n) is 5.87. The molecule has 2 aromatic rings. The molecule has 4 nitrogen and oxygen atoms in total. The first-order chi connectivity index (χ1) is 8.83. The van der Waals surface area contributed by atoms with E-state index in [4.69, 9.17) is 5.84 Å². The van der Waals surface area contributed by atoms with Gasteiger partial charge in [-0.1, -0.05) is 37.3 Å². The van der Waals surface area contributed by atoms with E-state index in [2.05, 4.69) is 22.3 Å². The van der Waals surface area contributed by atoms with Crippen molar-refractivity contribution in [3.05, 3.63) is 36.4 Å². The van der Waals surface area contributed by atoms with E-state index >= 15 is 0 Å². The number of nitrogen functional groups attached to an aromatic ring is 1. The third kappa shape index (κ3) is 3.21. The largest absolute Gasteiger partial charge is 0.308 e. The van der Waals surface area contributed by atoms with Crippen molar-refractivity contribution in [1.29, 1.82) is 0 Å². The van der Waals surface area contributed by atoms with Gasteiger partial charge in [-0.05, 0) is 12.2 Å². The van der Waals surface area contributed by atoms with Gasteiger partial charge in [0.15, 0.2) is 5.82 Å². The van der Waals surface area contributed by atoms with E-state index in [0.29, 0.717) is 11.6 Å². The summed E-state index contributed by atoms with van der Waals surface area (Å²) in [5.74, 6) is 7.82. The fourth-order valence-corrected chi connectivity index (χ4v) is 2.26. The maximum absolute atomic E-state index is 5.44. The number of hydrazine groups is 1. The van der Waals surface area contributed by atoms with Crippen molar-refractivity contribution < 1.29 is 0 Å². The summed E-state index contributed by atoms with van der Waals surface area (Å²) in [4.78, 5) is 8.92. The summed E-state index contributed by atoms with van der Waals surface area (Å²) in [7, 11) is 0. The number of hydrogen-bond donors (Lipinski definition) is 2. The van der Waals surface area contributed by atoms with Crippen LogP contribution in [-0.4, -0.2) is 15.7 Å². The molecule has 0 aliphatic rings. The molecule has 1 aromatic carbocycles.